The predicted molar refractivity (Wildman–Crippen MR) is 76.5 cm³/mol. The topological polar surface area (TPSA) is 22.1 Å². The summed E-state index contributed by atoms with van der Waals surface area (Å²) in [6.07, 6.45) is 0. The molecule has 0 atom stereocenters. The third kappa shape index (κ3) is 2.91. The molecule has 0 amide bonds. The largest absolute Gasteiger partial charge is 0.487 e. The van der Waals surface area contributed by atoms with Gasteiger partial charge in [-0.3, -0.25) is 0 Å². The number of benzene rings is 1. The lowest BCUT2D eigenvalue weighted by molar-refractivity contribution is 0.297. The molecule has 18 heavy (non-hydrogen) atoms. The van der Waals surface area contributed by atoms with Crippen LogP contribution in [0.5, 0.6) is 5.75 Å². The van der Waals surface area contributed by atoms with Crippen LogP contribution in [-0.4, -0.2) is 4.98 Å². The van der Waals surface area contributed by atoms with Crippen LogP contribution in [0.4, 0.5) is 0 Å². The van der Waals surface area contributed by atoms with Crippen molar-refractivity contribution < 1.29 is 4.74 Å². The minimum atomic E-state index is 0.490. The van der Waals surface area contributed by atoms with Crippen LogP contribution in [0.25, 0.3) is 0 Å². The summed E-state index contributed by atoms with van der Waals surface area (Å²) in [5, 5.41) is 3.26. The summed E-state index contributed by atoms with van der Waals surface area (Å²) in [7, 11) is 0. The smallest absolute Gasteiger partial charge is 0.131 e. The molecule has 1 heterocycles. The molecule has 0 N–H and O–H groups in total. The predicted octanol–water partition coefficient (Wildman–Crippen LogP) is 4.46. The molecular formula is C15H19NOS. The normalized spacial score (nSPS) is 10.9. The van der Waals surface area contributed by atoms with Gasteiger partial charge in [-0.05, 0) is 25.0 Å². The lowest BCUT2D eigenvalue weighted by Crippen LogP contribution is -1.99. The molecule has 1 aromatic carbocycles. The molecule has 2 aromatic rings. The van der Waals surface area contributed by atoms with E-state index in [0.717, 1.165) is 11.4 Å². The van der Waals surface area contributed by atoms with Crippen molar-refractivity contribution in [2.75, 3.05) is 0 Å². The van der Waals surface area contributed by atoms with Crippen LogP contribution >= 0.6 is 11.3 Å². The van der Waals surface area contributed by atoms with Crippen molar-refractivity contribution >= 4 is 11.3 Å². The van der Waals surface area contributed by atoms with Gasteiger partial charge in [0, 0.05) is 11.3 Å². The summed E-state index contributed by atoms with van der Waals surface area (Å²) in [4.78, 5) is 4.58. The highest BCUT2D eigenvalue weighted by molar-refractivity contribution is 7.09. The summed E-state index contributed by atoms with van der Waals surface area (Å²) in [6, 6.07) is 6.20. The average Bonchev–Trinajstić information content (AvgIpc) is 2.77. The summed E-state index contributed by atoms with van der Waals surface area (Å²) in [5.41, 5.74) is 3.37. The lowest BCUT2D eigenvalue weighted by Gasteiger charge is -2.10. The first-order chi connectivity index (χ1) is 8.58. The van der Waals surface area contributed by atoms with Crippen LogP contribution < -0.4 is 4.74 Å². The number of hydrogen-bond acceptors (Lipinski definition) is 3. The Bertz CT molecular complexity index is 511. The highest BCUT2D eigenvalue weighted by atomic mass is 32.1. The van der Waals surface area contributed by atoms with Crippen molar-refractivity contribution in [3.05, 3.63) is 45.4 Å². The van der Waals surface area contributed by atoms with Gasteiger partial charge in [0.1, 0.15) is 12.4 Å². The average molecular weight is 261 g/mol. The molecule has 2 nitrogen and oxygen atoms in total. The van der Waals surface area contributed by atoms with Crippen LogP contribution in [0, 0.1) is 13.8 Å². The molecule has 0 aliphatic carbocycles. The van der Waals surface area contributed by atoms with Crippen LogP contribution in [0.1, 0.15) is 41.6 Å². The molecule has 2 rings (SSSR count). The van der Waals surface area contributed by atoms with E-state index in [0.29, 0.717) is 12.5 Å². The summed E-state index contributed by atoms with van der Waals surface area (Å²) in [5.74, 6) is 1.47. The van der Waals surface area contributed by atoms with Gasteiger partial charge in [0.15, 0.2) is 0 Å². The second kappa shape index (κ2) is 5.53. The zero-order valence-electron chi connectivity index (χ0n) is 11.4. The SMILES string of the molecule is Cc1cccc(C)c1OCc1csc(C(C)C)n1. The van der Waals surface area contributed by atoms with Crippen molar-refractivity contribution in [1.82, 2.24) is 4.98 Å². The molecule has 1 aromatic heterocycles. The Balaban J connectivity index is 2.07. The molecule has 0 aliphatic rings. The highest BCUT2D eigenvalue weighted by Crippen LogP contribution is 2.24. The summed E-state index contributed by atoms with van der Waals surface area (Å²) >= 11 is 1.71. The zero-order chi connectivity index (χ0) is 13.1. The van der Waals surface area contributed by atoms with Crippen molar-refractivity contribution in [1.29, 1.82) is 0 Å². The van der Waals surface area contributed by atoms with E-state index in [4.69, 9.17) is 4.74 Å². The van der Waals surface area contributed by atoms with E-state index in [1.807, 2.05) is 0 Å². The molecule has 0 aliphatic heterocycles. The standard InChI is InChI=1S/C15H19NOS/c1-10(2)15-16-13(9-18-15)8-17-14-11(3)6-5-7-12(14)4/h5-7,9-10H,8H2,1-4H3. The Morgan fingerprint density at radius 2 is 1.89 bits per heavy atom. The van der Waals surface area contributed by atoms with Crippen LogP contribution in [-0.2, 0) is 6.61 Å². The quantitative estimate of drug-likeness (QED) is 0.810. The van der Waals surface area contributed by atoms with Gasteiger partial charge < -0.3 is 4.74 Å². The Hall–Kier alpha value is -1.35. The summed E-state index contributed by atoms with van der Waals surface area (Å²) < 4.78 is 5.89. The minimum Gasteiger partial charge on any atom is -0.487 e. The first-order valence-electron chi connectivity index (χ1n) is 6.21. The Morgan fingerprint density at radius 3 is 2.44 bits per heavy atom. The molecule has 0 saturated heterocycles. The monoisotopic (exact) mass is 261 g/mol. The van der Waals surface area contributed by atoms with Gasteiger partial charge in [-0.2, -0.15) is 0 Å². The van der Waals surface area contributed by atoms with Crippen molar-refractivity contribution in [3.63, 3.8) is 0 Å². The minimum absolute atomic E-state index is 0.490. The fraction of sp³-hybridized carbons (Fsp3) is 0.400. The zero-order valence-corrected chi connectivity index (χ0v) is 12.2. The molecule has 0 saturated carbocycles. The van der Waals surface area contributed by atoms with Crippen LogP contribution in [0.2, 0.25) is 0 Å². The van der Waals surface area contributed by atoms with Crippen molar-refractivity contribution in [3.8, 4) is 5.75 Å². The Morgan fingerprint density at radius 1 is 1.22 bits per heavy atom. The van der Waals surface area contributed by atoms with E-state index in [9.17, 15) is 0 Å². The van der Waals surface area contributed by atoms with Crippen molar-refractivity contribution in [2.24, 2.45) is 0 Å². The molecular weight excluding hydrogens is 242 g/mol. The number of nitrogens with zero attached hydrogens (tertiary/aromatic N) is 1. The summed E-state index contributed by atoms with van der Waals surface area (Å²) in [6.45, 7) is 9.02. The van der Waals surface area contributed by atoms with Crippen LogP contribution in [0.15, 0.2) is 23.6 Å². The van der Waals surface area contributed by atoms with E-state index in [1.165, 1.54) is 16.1 Å². The van der Waals surface area contributed by atoms with Crippen molar-refractivity contribution in [2.45, 2.75) is 40.2 Å². The fourth-order valence-electron chi connectivity index (χ4n) is 1.83. The number of hydrogen-bond donors (Lipinski definition) is 0. The molecule has 0 bridgehead atoms. The van der Waals surface area contributed by atoms with Gasteiger partial charge in [-0.25, -0.2) is 4.98 Å². The highest BCUT2D eigenvalue weighted by Gasteiger charge is 2.08. The molecule has 3 heteroatoms. The first kappa shape index (κ1) is 13.1. The van der Waals surface area contributed by atoms with Gasteiger partial charge in [0.05, 0.1) is 10.7 Å². The Labute approximate surface area is 113 Å². The van der Waals surface area contributed by atoms with E-state index in [-0.39, 0.29) is 0 Å². The van der Waals surface area contributed by atoms with Crippen LogP contribution in [0.3, 0.4) is 0 Å². The number of para-hydroxylation sites is 1. The van der Waals surface area contributed by atoms with E-state index < -0.39 is 0 Å². The maximum Gasteiger partial charge on any atom is 0.131 e. The Kier molecular flexibility index (Phi) is 4.02. The maximum absolute atomic E-state index is 5.89. The number of aryl methyl sites for hydroxylation is 2. The van der Waals surface area contributed by atoms with Gasteiger partial charge in [-0.1, -0.05) is 32.0 Å². The number of rotatable bonds is 4. The molecule has 0 fully saturated rings. The van der Waals surface area contributed by atoms with Gasteiger partial charge >= 0.3 is 0 Å². The van der Waals surface area contributed by atoms with Gasteiger partial charge in [0.2, 0.25) is 0 Å². The van der Waals surface area contributed by atoms with Gasteiger partial charge in [0.25, 0.3) is 0 Å². The van der Waals surface area contributed by atoms with Gasteiger partial charge in [-0.15, -0.1) is 11.3 Å². The number of ether oxygens (including phenoxy) is 1. The maximum atomic E-state index is 5.89. The number of thiazole rings is 1. The molecule has 0 spiro atoms. The molecule has 0 radical (unpaired) electrons. The van der Waals surface area contributed by atoms with E-state index >= 15 is 0 Å². The van der Waals surface area contributed by atoms with E-state index in [2.05, 4.69) is 56.3 Å². The number of aromatic nitrogens is 1. The third-order valence-corrected chi connectivity index (χ3v) is 4.03. The third-order valence-electron chi connectivity index (χ3n) is 2.84. The second-order valence-corrected chi connectivity index (χ2v) is 5.73. The fourth-order valence-corrected chi connectivity index (χ4v) is 2.65. The lowest BCUT2D eigenvalue weighted by atomic mass is 10.1. The van der Waals surface area contributed by atoms with E-state index in [1.54, 1.807) is 11.3 Å². The molecule has 0 unspecified atom stereocenters. The second-order valence-electron chi connectivity index (χ2n) is 4.84. The molecule has 96 valence electrons. The first-order valence-corrected chi connectivity index (χ1v) is 7.09.